The molecule has 0 spiro atoms. The van der Waals surface area contributed by atoms with E-state index in [1.54, 1.807) is 4.90 Å². The zero-order valence-corrected chi connectivity index (χ0v) is 27.6. The van der Waals surface area contributed by atoms with Crippen LogP contribution >= 0.6 is 11.3 Å². The molecule has 3 N–H and O–H groups in total. The van der Waals surface area contributed by atoms with Crippen molar-refractivity contribution in [3.63, 3.8) is 0 Å². The number of fused-ring (bicyclic) bond motifs is 2. The van der Waals surface area contributed by atoms with Gasteiger partial charge in [-0.3, -0.25) is 14.7 Å². The lowest BCUT2D eigenvalue weighted by Crippen LogP contribution is -2.45. The molecule has 17 heteroatoms. The summed E-state index contributed by atoms with van der Waals surface area (Å²) < 4.78 is 68.8. The largest absolute Gasteiger partial charge is 0.463 e. The van der Waals surface area contributed by atoms with E-state index in [0.29, 0.717) is 19.8 Å². The molecule has 4 aromatic rings. The Balaban J connectivity index is 1.30. The molecule has 1 saturated carbocycles. The number of ether oxygens (including phenoxy) is 2. The zero-order valence-electron chi connectivity index (χ0n) is 26.0. The number of benzene rings is 1. The predicted octanol–water partition coefficient (Wildman–Crippen LogP) is 2.56. The number of rotatable bonds is 9. The van der Waals surface area contributed by atoms with Gasteiger partial charge in [-0.15, -0.1) is 0 Å². The summed E-state index contributed by atoms with van der Waals surface area (Å²) in [4.78, 5) is 34.0. The number of thiazole rings is 1. The van der Waals surface area contributed by atoms with Crippen molar-refractivity contribution in [2.45, 2.75) is 18.9 Å². The molecule has 7 rings (SSSR count). The molecule has 0 unspecified atom stereocenters. The number of nitrogens with two attached hydrogens (primary N) is 1. The molecule has 1 aliphatic carbocycles. The number of hydrogen-bond acceptors (Lipinski definition) is 13. The van der Waals surface area contributed by atoms with Crippen LogP contribution in [0.15, 0.2) is 31.0 Å². The lowest BCUT2D eigenvalue weighted by atomic mass is 10.1. The molecule has 0 bridgehead atoms. The summed E-state index contributed by atoms with van der Waals surface area (Å²) in [5.41, 5.74) is 5.95. The number of aromatic nitrogens is 4. The van der Waals surface area contributed by atoms with Crippen molar-refractivity contribution < 1.29 is 31.5 Å². The second-order valence-electron chi connectivity index (χ2n) is 12.5. The number of nitrogens with zero attached hydrogens (tertiary/aromatic N) is 6. The number of carbonyl (C=O) groups excluding carboxylic acids is 1. The minimum atomic E-state index is -3.55. The van der Waals surface area contributed by atoms with Crippen LogP contribution in [-0.4, -0.2) is 109 Å². The first-order chi connectivity index (χ1) is 23.0. The Morgan fingerprint density at radius 1 is 1.19 bits per heavy atom. The van der Waals surface area contributed by atoms with Crippen molar-refractivity contribution in [1.29, 1.82) is 0 Å². The van der Waals surface area contributed by atoms with Crippen LogP contribution in [-0.2, 0) is 19.4 Å². The van der Waals surface area contributed by atoms with Gasteiger partial charge in [0.25, 0.3) is 0 Å². The molecular formula is C31H34F2N8O5S2. The number of anilines is 2. The molecule has 13 nitrogen and oxygen atoms in total. The first-order valence-corrected chi connectivity index (χ1v) is 18.2. The molecule has 254 valence electrons. The Morgan fingerprint density at radius 3 is 2.73 bits per heavy atom. The summed E-state index contributed by atoms with van der Waals surface area (Å²) in [5, 5.41) is 3.02. The Kier molecular flexibility index (Phi) is 8.63. The van der Waals surface area contributed by atoms with E-state index in [-0.39, 0.29) is 79.3 Å². The van der Waals surface area contributed by atoms with Crippen molar-refractivity contribution >= 4 is 59.2 Å². The number of carbonyl (C=O) groups is 1. The molecule has 2 aliphatic heterocycles. The zero-order chi connectivity index (χ0) is 33.6. The van der Waals surface area contributed by atoms with Gasteiger partial charge in [-0.2, -0.15) is 9.97 Å². The predicted molar refractivity (Wildman–Crippen MR) is 178 cm³/mol. The standard InChI is InChI=1S/C31H34F2N8O5S2/c1-2-22(42)36-18-14-41(9-12-48(43,44)15-18)28-20-13-35-24(19-3-4-21(32)27-26(19)37-29(34)47-27)23(33)25(20)38-30(39-28)46-17-31(5-6-31)16-40-7-10-45-11-8-40/h2-4,13,18H,1,5-12,14-17H2,(H2,34,37)(H,36,42)/t18-/m0/s1. The maximum absolute atomic E-state index is 16.7. The van der Waals surface area contributed by atoms with Crippen molar-refractivity contribution in [2.75, 3.05) is 74.7 Å². The molecule has 3 aromatic heterocycles. The number of halogens is 2. The summed E-state index contributed by atoms with van der Waals surface area (Å²) in [6.45, 7) is 7.70. The highest BCUT2D eigenvalue weighted by atomic mass is 32.2. The molecular weight excluding hydrogens is 667 g/mol. The van der Waals surface area contributed by atoms with Crippen LogP contribution < -0.4 is 20.7 Å². The van der Waals surface area contributed by atoms with Crippen LogP contribution in [0.25, 0.3) is 32.4 Å². The average molecular weight is 701 g/mol. The van der Waals surface area contributed by atoms with Gasteiger partial charge in [0.1, 0.15) is 22.8 Å². The fourth-order valence-electron chi connectivity index (χ4n) is 6.26. The summed E-state index contributed by atoms with van der Waals surface area (Å²) in [6.07, 6.45) is 4.38. The minimum Gasteiger partial charge on any atom is -0.463 e. The van der Waals surface area contributed by atoms with Crippen molar-refractivity contribution in [1.82, 2.24) is 30.2 Å². The number of pyridine rings is 1. The molecule has 48 heavy (non-hydrogen) atoms. The van der Waals surface area contributed by atoms with Crippen molar-refractivity contribution in [3.8, 4) is 17.3 Å². The number of nitrogens with one attached hydrogen (secondary N) is 1. The van der Waals surface area contributed by atoms with Gasteiger partial charge in [0.15, 0.2) is 20.8 Å². The molecule has 2 saturated heterocycles. The summed E-state index contributed by atoms with van der Waals surface area (Å²) in [5.74, 6) is -2.16. The highest BCUT2D eigenvalue weighted by Crippen LogP contribution is 2.47. The average Bonchev–Trinajstić information content (AvgIpc) is 3.74. The van der Waals surface area contributed by atoms with Crippen LogP contribution in [0.4, 0.5) is 19.7 Å². The molecule has 3 fully saturated rings. The summed E-state index contributed by atoms with van der Waals surface area (Å²) >= 11 is 0.949. The van der Waals surface area contributed by atoms with E-state index < -0.39 is 33.4 Å². The third-order valence-electron chi connectivity index (χ3n) is 8.94. The number of sulfone groups is 1. The molecule has 1 atom stereocenters. The SMILES string of the molecule is C=CC(=O)N[C@H]1CN(c2nc(OCC3(CN4CCOCC4)CC3)nc3c(F)c(-c4ccc(F)c5sc(N)nc45)ncc23)CCS(=O)(=O)C1. The van der Waals surface area contributed by atoms with Crippen molar-refractivity contribution in [2.24, 2.45) is 5.41 Å². The highest BCUT2D eigenvalue weighted by molar-refractivity contribution is 7.91. The normalized spacial score (nSPS) is 20.8. The van der Waals surface area contributed by atoms with E-state index in [1.807, 2.05) is 0 Å². The van der Waals surface area contributed by atoms with E-state index in [9.17, 15) is 17.6 Å². The third kappa shape index (κ3) is 6.63. The van der Waals surface area contributed by atoms with Crippen LogP contribution in [0.2, 0.25) is 0 Å². The van der Waals surface area contributed by atoms with Crippen molar-refractivity contribution in [3.05, 3.63) is 42.6 Å². The van der Waals surface area contributed by atoms with Gasteiger partial charge in [-0.25, -0.2) is 22.2 Å². The fourth-order valence-corrected chi connectivity index (χ4v) is 8.49. The first-order valence-electron chi connectivity index (χ1n) is 15.6. The van der Waals surface area contributed by atoms with Gasteiger partial charge >= 0.3 is 6.01 Å². The number of hydrogen-bond donors (Lipinski definition) is 2. The Hall–Kier alpha value is -4.06. The smallest absolute Gasteiger partial charge is 0.319 e. The lowest BCUT2D eigenvalue weighted by molar-refractivity contribution is -0.116. The second-order valence-corrected chi connectivity index (χ2v) is 15.7. The van der Waals surface area contributed by atoms with Crippen LogP contribution in [0, 0.1) is 17.0 Å². The lowest BCUT2D eigenvalue weighted by Gasteiger charge is -2.30. The molecule has 5 heterocycles. The Labute approximate surface area is 279 Å². The number of nitrogen functional groups attached to an aromatic ring is 1. The van der Waals surface area contributed by atoms with E-state index in [2.05, 4.69) is 36.7 Å². The summed E-state index contributed by atoms with van der Waals surface area (Å²) in [7, 11) is -3.55. The highest BCUT2D eigenvalue weighted by Gasteiger charge is 2.45. The van der Waals surface area contributed by atoms with Crippen LogP contribution in [0.5, 0.6) is 6.01 Å². The number of morpholine rings is 1. The van der Waals surface area contributed by atoms with Gasteiger partial charge in [0.2, 0.25) is 5.91 Å². The van der Waals surface area contributed by atoms with Gasteiger partial charge in [0, 0.05) is 49.9 Å². The maximum atomic E-state index is 16.7. The first kappa shape index (κ1) is 32.5. The van der Waals surface area contributed by atoms with Gasteiger partial charge in [-0.1, -0.05) is 17.9 Å². The van der Waals surface area contributed by atoms with Crippen LogP contribution in [0.1, 0.15) is 12.8 Å². The van der Waals surface area contributed by atoms with E-state index in [1.165, 1.54) is 18.3 Å². The minimum absolute atomic E-state index is 0.0232. The van der Waals surface area contributed by atoms with Crippen LogP contribution in [0.3, 0.4) is 0 Å². The summed E-state index contributed by atoms with van der Waals surface area (Å²) in [6, 6.07) is 1.73. The third-order valence-corrected chi connectivity index (χ3v) is 11.5. The molecule has 3 aliphatic rings. The topological polar surface area (TPSA) is 166 Å². The fraction of sp³-hybridized carbons (Fsp3) is 0.452. The van der Waals surface area contributed by atoms with E-state index >= 15 is 4.39 Å². The van der Waals surface area contributed by atoms with E-state index in [4.69, 9.17) is 15.2 Å². The monoisotopic (exact) mass is 700 g/mol. The van der Waals surface area contributed by atoms with Gasteiger partial charge in [0.05, 0.1) is 53.0 Å². The Morgan fingerprint density at radius 2 is 1.98 bits per heavy atom. The molecule has 0 radical (unpaired) electrons. The van der Waals surface area contributed by atoms with E-state index in [0.717, 1.165) is 49.9 Å². The maximum Gasteiger partial charge on any atom is 0.319 e. The quantitative estimate of drug-likeness (QED) is 0.246. The Bertz CT molecular complexity index is 2020. The van der Waals surface area contributed by atoms with Gasteiger partial charge in [-0.05, 0) is 31.1 Å². The molecule has 1 aromatic carbocycles. The molecule has 1 amide bonds. The van der Waals surface area contributed by atoms with Gasteiger partial charge < -0.3 is 25.4 Å². The second kappa shape index (κ2) is 12.8. The number of amides is 1.